The third-order valence-corrected chi connectivity index (χ3v) is 5.52. The minimum atomic E-state index is -1.23. The third-order valence-electron chi connectivity index (χ3n) is 5.52. The highest BCUT2D eigenvalue weighted by molar-refractivity contribution is 6.00. The number of piperidine rings is 1. The number of methoxy groups -OCH3 is 1. The summed E-state index contributed by atoms with van der Waals surface area (Å²) in [7, 11) is 1.59. The predicted octanol–water partition coefficient (Wildman–Crippen LogP) is 2.46. The van der Waals surface area contributed by atoms with Crippen LogP contribution in [0.5, 0.6) is 5.75 Å². The van der Waals surface area contributed by atoms with Crippen LogP contribution < -0.4 is 10.5 Å². The molecule has 3 aromatic rings. The summed E-state index contributed by atoms with van der Waals surface area (Å²) in [5, 5.41) is 19.5. The van der Waals surface area contributed by atoms with Crippen LogP contribution in [-0.4, -0.2) is 61.4 Å². The molecule has 1 fully saturated rings. The van der Waals surface area contributed by atoms with E-state index in [2.05, 4.69) is 9.97 Å². The van der Waals surface area contributed by atoms with Crippen LogP contribution in [0.15, 0.2) is 36.8 Å². The number of likely N-dealkylation sites (tertiary alicyclic amines) is 1. The lowest BCUT2D eigenvalue weighted by Gasteiger charge is -2.36. The van der Waals surface area contributed by atoms with Gasteiger partial charge in [-0.25, -0.2) is 19.6 Å². The molecule has 4 rings (SSSR count). The van der Waals surface area contributed by atoms with Crippen molar-refractivity contribution in [1.82, 2.24) is 19.4 Å². The fourth-order valence-electron chi connectivity index (χ4n) is 4.06. The Balaban J connectivity index is 1.82. The van der Waals surface area contributed by atoms with E-state index in [1.54, 1.807) is 7.11 Å². The van der Waals surface area contributed by atoms with E-state index in [9.17, 15) is 19.8 Å². The number of fused-ring (bicyclic) bond motifs is 1. The smallest absolute Gasteiger partial charge is 0.408 e. The topological polar surface area (TPSA) is 144 Å². The van der Waals surface area contributed by atoms with Crippen LogP contribution in [0.25, 0.3) is 22.2 Å². The fraction of sp³-hybridized carbons (Fsp3) is 0.300. The highest BCUT2D eigenvalue weighted by Crippen LogP contribution is 2.38. The van der Waals surface area contributed by atoms with Gasteiger partial charge in [0.15, 0.2) is 0 Å². The Kier molecular flexibility index (Phi) is 4.90. The summed E-state index contributed by atoms with van der Waals surface area (Å²) in [5.41, 5.74) is 8.41. The molecule has 1 aliphatic heterocycles. The molecule has 10 nitrogen and oxygen atoms in total. The molecule has 30 heavy (non-hydrogen) atoms. The first-order chi connectivity index (χ1) is 14.4. The molecule has 1 saturated heterocycles. The Labute approximate surface area is 171 Å². The molecule has 0 spiro atoms. The minimum absolute atomic E-state index is 0.117. The second kappa shape index (κ2) is 7.54. The van der Waals surface area contributed by atoms with E-state index in [0.717, 1.165) is 16.0 Å². The van der Waals surface area contributed by atoms with Crippen molar-refractivity contribution in [3.63, 3.8) is 0 Å². The standard InChI is InChI=1S/C20H21N5O5/c1-30-13-4-2-3-11(7-13)14-9-25(18-16(14)17(21)22-10-23-18)12-5-6-24(20(28)29)15(8-12)19(26)27/h2-4,7,9-10,12,15H,5-6,8H2,1H3,(H,26,27)(H,28,29)(H2,21,22,23). The Morgan fingerprint density at radius 1 is 1.27 bits per heavy atom. The van der Waals surface area contributed by atoms with Crippen molar-refractivity contribution in [3.05, 3.63) is 36.8 Å². The van der Waals surface area contributed by atoms with Gasteiger partial charge in [-0.1, -0.05) is 12.1 Å². The summed E-state index contributed by atoms with van der Waals surface area (Å²) in [6.45, 7) is 0.117. The minimum Gasteiger partial charge on any atom is -0.497 e. The second-order valence-electron chi connectivity index (χ2n) is 7.15. The van der Waals surface area contributed by atoms with Crippen LogP contribution in [0.4, 0.5) is 10.6 Å². The second-order valence-corrected chi connectivity index (χ2v) is 7.15. The van der Waals surface area contributed by atoms with Gasteiger partial charge in [0.25, 0.3) is 0 Å². The number of carboxylic acid groups (broad SMARTS) is 2. The lowest BCUT2D eigenvalue weighted by Crippen LogP contribution is -2.49. The number of hydrogen-bond donors (Lipinski definition) is 3. The SMILES string of the molecule is COc1cccc(-c2cn(C3CCN(C(=O)O)C(C(=O)O)C3)c3ncnc(N)c23)c1. The van der Waals surface area contributed by atoms with Crippen LogP contribution in [-0.2, 0) is 4.79 Å². The maximum atomic E-state index is 11.7. The fourth-order valence-corrected chi connectivity index (χ4v) is 4.06. The lowest BCUT2D eigenvalue weighted by atomic mass is 9.97. The van der Waals surface area contributed by atoms with Gasteiger partial charge < -0.3 is 25.3 Å². The van der Waals surface area contributed by atoms with Crippen LogP contribution in [0.1, 0.15) is 18.9 Å². The largest absolute Gasteiger partial charge is 0.497 e. The molecule has 3 heterocycles. The number of benzene rings is 1. The van der Waals surface area contributed by atoms with Gasteiger partial charge in [0, 0.05) is 24.3 Å². The number of ether oxygens (including phenoxy) is 1. The molecule has 2 atom stereocenters. The lowest BCUT2D eigenvalue weighted by molar-refractivity contribution is -0.144. The van der Waals surface area contributed by atoms with Gasteiger partial charge in [-0.15, -0.1) is 0 Å². The molecular formula is C20H21N5O5. The molecule has 2 unspecified atom stereocenters. The Morgan fingerprint density at radius 3 is 2.77 bits per heavy atom. The molecule has 0 bridgehead atoms. The summed E-state index contributed by atoms with van der Waals surface area (Å²) in [6.07, 6.45) is 2.60. The van der Waals surface area contributed by atoms with Crippen molar-refractivity contribution in [2.45, 2.75) is 24.9 Å². The van der Waals surface area contributed by atoms with Crippen molar-refractivity contribution in [1.29, 1.82) is 0 Å². The predicted molar refractivity (Wildman–Crippen MR) is 108 cm³/mol. The monoisotopic (exact) mass is 411 g/mol. The first-order valence-corrected chi connectivity index (χ1v) is 9.38. The average molecular weight is 411 g/mol. The number of nitrogens with two attached hydrogens (primary N) is 1. The Hall–Kier alpha value is -3.82. The normalized spacial score (nSPS) is 19.0. The molecule has 4 N–H and O–H groups in total. The maximum Gasteiger partial charge on any atom is 0.408 e. The van der Waals surface area contributed by atoms with Crippen LogP contribution in [0.2, 0.25) is 0 Å². The number of rotatable bonds is 4. The molecule has 0 radical (unpaired) electrons. The van der Waals surface area contributed by atoms with Crippen molar-refractivity contribution >= 4 is 28.9 Å². The van der Waals surface area contributed by atoms with Crippen molar-refractivity contribution in [2.24, 2.45) is 0 Å². The van der Waals surface area contributed by atoms with Crippen LogP contribution in [0, 0.1) is 0 Å². The van der Waals surface area contributed by atoms with E-state index < -0.39 is 18.1 Å². The van der Waals surface area contributed by atoms with Crippen LogP contribution >= 0.6 is 0 Å². The van der Waals surface area contributed by atoms with Crippen molar-refractivity contribution in [2.75, 3.05) is 19.4 Å². The molecule has 0 saturated carbocycles. The summed E-state index contributed by atoms with van der Waals surface area (Å²) in [4.78, 5) is 32.6. The molecule has 1 amide bonds. The van der Waals surface area contributed by atoms with Gasteiger partial charge >= 0.3 is 12.1 Å². The number of carbonyl (C=O) groups is 2. The number of anilines is 1. The molecule has 0 aliphatic carbocycles. The van der Waals surface area contributed by atoms with E-state index in [4.69, 9.17) is 10.5 Å². The zero-order valence-corrected chi connectivity index (χ0v) is 16.2. The number of nitrogen functional groups attached to an aromatic ring is 1. The zero-order chi connectivity index (χ0) is 21.4. The van der Waals surface area contributed by atoms with E-state index in [1.165, 1.54) is 6.33 Å². The number of aromatic nitrogens is 3. The highest BCUT2D eigenvalue weighted by Gasteiger charge is 2.37. The molecular weight excluding hydrogens is 390 g/mol. The molecule has 1 aromatic carbocycles. The van der Waals surface area contributed by atoms with E-state index in [0.29, 0.717) is 29.0 Å². The first kappa shape index (κ1) is 19.5. The van der Waals surface area contributed by atoms with Crippen molar-refractivity contribution in [3.8, 4) is 16.9 Å². The molecule has 156 valence electrons. The summed E-state index contributed by atoms with van der Waals surface area (Å²) in [5.74, 6) is -0.167. The average Bonchev–Trinajstić information content (AvgIpc) is 3.14. The van der Waals surface area contributed by atoms with E-state index >= 15 is 0 Å². The highest BCUT2D eigenvalue weighted by atomic mass is 16.5. The number of carboxylic acids is 1. The zero-order valence-electron chi connectivity index (χ0n) is 16.2. The molecule has 1 aliphatic rings. The number of amides is 1. The Morgan fingerprint density at radius 2 is 2.07 bits per heavy atom. The number of aliphatic carboxylic acids is 1. The van der Waals surface area contributed by atoms with E-state index in [1.807, 2.05) is 35.0 Å². The number of hydrogen-bond acceptors (Lipinski definition) is 6. The molecule has 10 heteroatoms. The van der Waals surface area contributed by atoms with Gasteiger partial charge in [0.1, 0.15) is 29.6 Å². The summed E-state index contributed by atoms with van der Waals surface area (Å²) >= 11 is 0. The maximum absolute atomic E-state index is 11.7. The summed E-state index contributed by atoms with van der Waals surface area (Å²) in [6, 6.07) is 6.11. The molecule has 2 aromatic heterocycles. The Bertz CT molecular complexity index is 1130. The quantitative estimate of drug-likeness (QED) is 0.594. The van der Waals surface area contributed by atoms with Crippen LogP contribution in [0.3, 0.4) is 0 Å². The van der Waals surface area contributed by atoms with Crippen molar-refractivity contribution < 1.29 is 24.5 Å². The van der Waals surface area contributed by atoms with E-state index in [-0.39, 0.29) is 19.0 Å². The van der Waals surface area contributed by atoms with Gasteiger partial charge in [0.05, 0.1) is 12.5 Å². The van der Waals surface area contributed by atoms with Gasteiger partial charge in [0.2, 0.25) is 0 Å². The third kappa shape index (κ3) is 3.25. The number of nitrogens with zero attached hydrogens (tertiary/aromatic N) is 4. The van der Waals surface area contributed by atoms with Gasteiger partial charge in [-0.05, 0) is 30.5 Å². The van der Waals surface area contributed by atoms with Gasteiger partial charge in [-0.3, -0.25) is 4.90 Å². The van der Waals surface area contributed by atoms with Gasteiger partial charge in [-0.2, -0.15) is 0 Å². The summed E-state index contributed by atoms with van der Waals surface area (Å²) < 4.78 is 7.21. The first-order valence-electron chi connectivity index (χ1n) is 9.38.